The van der Waals surface area contributed by atoms with Gasteiger partial charge in [0, 0.05) is 15.6 Å². The molecule has 0 aromatic heterocycles. The highest BCUT2D eigenvalue weighted by Crippen LogP contribution is 2.38. The van der Waals surface area contributed by atoms with Gasteiger partial charge in [-0.15, -0.1) is 0 Å². The topological polar surface area (TPSA) is 58.6 Å². The van der Waals surface area contributed by atoms with Crippen molar-refractivity contribution in [3.8, 4) is 5.75 Å². The summed E-state index contributed by atoms with van der Waals surface area (Å²) in [5.41, 5.74) is 3.33. The van der Waals surface area contributed by atoms with Crippen LogP contribution >= 0.6 is 23.4 Å². The van der Waals surface area contributed by atoms with E-state index in [2.05, 4.69) is 5.32 Å². The summed E-state index contributed by atoms with van der Waals surface area (Å²) >= 11 is 7.54. The minimum atomic E-state index is -0.427. The lowest BCUT2D eigenvalue weighted by molar-refractivity contribution is -0.120. The Bertz CT molecular complexity index is 1240. The first-order valence-corrected chi connectivity index (χ1v) is 11.7. The number of imide groups is 1. The molecule has 0 unspecified atom stereocenters. The molecule has 1 aliphatic rings. The van der Waals surface area contributed by atoms with Crippen molar-refractivity contribution in [2.24, 2.45) is 0 Å². The average molecular weight is 479 g/mol. The highest BCUT2D eigenvalue weighted by Gasteiger charge is 2.40. The third kappa shape index (κ3) is 4.92. The molecule has 3 aromatic carbocycles. The maximum absolute atomic E-state index is 13.4. The van der Waals surface area contributed by atoms with Crippen LogP contribution in [-0.4, -0.2) is 18.4 Å². The van der Waals surface area contributed by atoms with Crippen molar-refractivity contribution >= 4 is 46.6 Å². The van der Waals surface area contributed by atoms with Crippen LogP contribution in [0.2, 0.25) is 5.02 Å². The molecule has 7 heteroatoms. The Kier molecular flexibility index (Phi) is 6.77. The van der Waals surface area contributed by atoms with E-state index in [1.165, 1.54) is 16.7 Å². The van der Waals surface area contributed by atoms with Gasteiger partial charge in [-0.05, 0) is 74.9 Å². The Morgan fingerprint density at radius 1 is 0.939 bits per heavy atom. The number of ether oxygens (including phenoxy) is 1. The number of halogens is 1. The predicted molar refractivity (Wildman–Crippen MR) is 134 cm³/mol. The average Bonchev–Trinajstić information content (AvgIpc) is 3.02. The van der Waals surface area contributed by atoms with E-state index in [9.17, 15) is 9.59 Å². The smallest absolute Gasteiger partial charge is 0.283 e. The van der Waals surface area contributed by atoms with Gasteiger partial charge in [-0.3, -0.25) is 9.59 Å². The molecule has 0 radical (unpaired) electrons. The largest absolute Gasteiger partial charge is 0.494 e. The SMILES string of the molecule is CCOc1ccc(NC2=C(Sc3ccc(C)cc3)C(=O)N(c3ccc(C)c(Cl)c3)C2=O)cc1. The van der Waals surface area contributed by atoms with Crippen molar-refractivity contribution in [2.75, 3.05) is 16.8 Å². The zero-order chi connectivity index (χ0) is 23.5. The van der Waals surface area contributed by atoms with Crippen molar-refractivity contribution in [3.63, 3.8) is 0 Å². The second-order valence-electron chi connectivity index (χ2n) is 7.58. The van der Waals surface area contributed by atoms with Crippen LogP contribution in [0.5, 0.6) is 5.75 Å². The second-order valence-corrected chi connectivity index (χ2v) is 9.07. The summed E-state index contributed by atoms with van der Waals surface area (Å²) in [6.07, 6.45) is 0. The van der Waals surface area contributed by atoms with Gasteiger partial charge in [-0.25, -0.2) is 4.90 Å². The van der Waals surface area contributed by atoms with Gasteiger partial charge >= 0.3 is 0 Å². The van der Waals surface area contributed by atoms with Crippen LogP contribution in [0.15, 0.2) is 82.2 Å². The highest BCUT2D eigenvalue weighted by molar-refractivity contribution is 8.04. The standard InChI is InChI=1S/C26H23ClN2O3S/c1-4-32-20-11-8-18(9-12-20)28-23-24(33-21-13-5-16(2)6-14-21)26(31)29(25(23)30)19-10-7-17(3)22(27)15-19/h5-15,28H,4H2,1-3H3. The van der Waals surface area contributed by atoms with Crippen molar-refractivity contribution in [1.29, 1.82) is 0 Å². The Hall–Kier alpha value is -3.22. The molecule has 3 aromatic rings. The van der Waals surface area contributed by atoms with E-state index in [1.807, 2.05) is 69.3 Å². The number of amides is 2. The first-order chi connectivity index (χ1) is 15.9. The van der Waals surface area contributed by atoms with Gasteiger partial charge in [0.05, 0.1) is 12.3 Å². The zero-order valence-corrected chi connectivity index (χ0v) is 20.1. The van der Waals surface area contributed by atoms with Crippen LogP contribution in [0.1, 0.15) is 18.1 Å². The van der Waals surface area contributed by atoms with Crippen molar-refractivity contribution in [1.82, 2.24) is 0 Å². The molecular formula is C26H23ClN2O3S. The third-order valence-corrected chi connectivity index (χ3v) is 6.63. The molecule has 0 spiro atoms. The Morgan fingerprint density at radius 3 is 2.27 bits per heavy atom. The van der Waals surface area contributed by atoms with E-state index in [-0.39, 0.29) is 11.6 Å². The maximum atomic E-state index is 13.4. The molecule has 0 aliphatic carbocycles. The van der Waals surface area contributed by atoms with Crippen LogP contribution in [0.25, 0.3) is 0 Å². The Morgan fingerprint density at radius 2 is 1.64 bits per heavy atom. The lowest BCUT2D eigenvalue weighted by Gasteiger charge is -2.16. The van der Waals surface area contributed by atoms with Crippen molar-refractivity contribution < 1.29 is 14.3 Å². The summed E-state index contributed by atoms with van der Waals surface area (Å²) in [7, 11) is 0. The quantitative estimate of drug-likeness (QED) is 0.401. The summed E-state index contributed by atoms with van der Waals surface area (Å²) < 4.78 is 5.49. The second kappa shape index (κ2) is 9.73. The van der Waals surface area contributed by atoms with Gasteiger partial charge in [-0.2, -0.15) is 0 Å². The van der Waals surface area contributed by atoms with Gasteiger partial charge in [0.1, 0.15) is 16.4 Å². The lowest BCUT2D eigenvalue weighted by atomic mass is 10.2. The molecule has 168 valence electrons. The molecule has 0 saturated heterocycles. The van der Waals surface area contributed by atoms with Crippen LogP contribution in [0, 0.1) is 13.8 Å². The van der Waals surface area contributed by atoms with E-state index < -0.39 is 5.91 Å². The zero-order valence-electron chi connectivity index (χ0n) is 18.5. The molecule has 33 heavy (non-hydrogen) atoms. The monoisotopic (exact) mass is 478 g/mol. The number of anilines is 2. The predicted octanol–water partition coefficient (Wildman–Crippen LogP) is 6.34. The molecule has 1 heterocycles. The maximum Gasteiger partial charge on any atom is 0.283 e. The van der Waals surface area contributed by atoms with E-state index in [1.54, 1.807) is 18.2 Å². The molecule has 0 fully saturated rings. The number of hydrogen-bond donors (Lipinski definition) is 1. The number of carbonyl (C=O) groups excluding carboxylic acids is 2. The summed E-state index contributed by atoms with van der Waals surface area (Å²) in [5, 5.41) is 3.65. The number of carbonyl (C=O) groups is 2. The summed E-state index contributed by atoms with van der Waals surface area (Å²) in [4.78, 5) is 29.3. The normalized spacial score (nSPS) is 13.6. The van der Waals surface area contributed by atoms with Crippen LogP contribution in [0.3, 0.4) is 0 Å². The number of hydrogen-bond acceptors (Lipinski definition) is 5. The number of thioether (sulfide) groups is 1. The molecule has 2 amide bonds. The Balaban J connectivity index is 1.71. The fourth-order valence-electron chi connectivity index (χ4n) is 3.34. The number of aryl methyl sites for hydroxylation is 2. The van der Waals surface area contributed by atoms with Crippen LogP contribution in [-0.2, 0) is 9.59 Å². The number of nitrogens with one attached hydrogen (secondary N) is 1. The molecule has 0 saturated carbocycles. The summed E-state index contributed by atoms with van der Waals surface area (Å²) in [6.45, 7) is 6.35. The number of nitrogens with zero attached hydrogens (tertiary/aromatic N) is 1. The van der Waals surface area contributed by atoms with Crippen molar-refractivity contribution in [3.05, 3.63) is 93.5 Å². The first-order valence-electron chi connectivity index (χ1n) is 10.5. The number of benzene rings is 3. The van der Waals surface area contributed by atoms with Gasteiger partial charge in [0.2, 0.25) is 0 Å². The van der Waals surface area contributed by atoms with Crippen molar-refractivity contribution in [2.45, 2.75) is 25.7 Å². The molecule has 5 nitrogen and oxygen atoms in total. The first kappa shape index (κ1) is 23.0. The molecule has 1 N–H and O–H groups in total. The molecule has 1 aliphatic heterocycles. The molecular weight excluding hydrogens is 456 g/mol. The fraction of sp³-hybridized carbons (Fsp3) is 0.154. The number of rotatable bonds is 7. The lowest BCUT2D eigenvalue weighted by Crippen LogP contribution is -2.32. The van der Waals surface area contributed by atoms with E-state index in [0.29, 0.717) is 27.9 Å². The van der Waals surface area contributed by atoms with Gasteiger partial charge in [0.25, 0.3) is 11.8 Å². The third-order valence-electron chi connectivity index (χ3n) is 5.13. The molecule has 0 atom stereocenters. The fourth-order valence-corrected chi connectivity index (χ4v) is 4.44. The van der Waals surface area contributed by atoms with Gasteiger partial charge < -0.3 is 10.1 Å². The van der Waals surface area contributed by atoms with Crippen LogP contribution < -0.4 is 15.0 Å². The van der Waals surface area contributed by atoms with Crippen LogP contribution in [0.4, 0.5) is 11.4 Å². The minimum absolute atomic E-state index is 0.228. The van der Waals surface area contributed by atoms with E-state index in [4.69, 9.17) is 16.3 Å². The van der Waals surface area contributed by atoms with E-state index >= 15 is 0 Å². The van der Waals surface area contributed by atoms with Gasteiger partial charge in [-0.1, -0.05) is 47.1 Å². The van der Waals surface area contributed by atoms with Gasteiger partial charge in [0.15, 0.2) is 0 Å². The summed E-state index contributed by atoms with van der Waals surface area (Å²) in [6, 6.07) is 20.2. The molecule has 0 bridgehead atoms. The Labute approximate surface area is 202 Å². The molecule has 4 rings (SSSR count). The minimum Gasteiger partial charge on any atom is -0.494 e. The van der Waals surface area contributed by atoms with E-state index in [0.717, 1.165) is 21.8 Å². The highest BCUT2D eigenvalue weighted by atomic mass is 35.5. The summed E-state index contributed by atoms with van der Waals surface area (Å²) in [5.74, 6) is -0.0848.